The summed E-state index contributed by atoms with van der Waals surface area (Å²) in [6, 6.07) is 42.1. The van der Waals surface area contributed by atoms with E-state index in [0.717, 1.165) is 58.6 Å². The molecule has 248 valence electrons. The van der Waals surface area contributed by atoms with Crippen molar-refractivity contribution >= 4 is 35.4 Å². The van der Waals surface area contributed by atoms with Crippen LogP contribution in [0.25, 0.3) is 10.9 Å². The normalized spacial score (nSPS) is 21.4. The van der Waals surface area contributed by atoms with Gasteiger partial charge in [0.2, 0.25) is 0 Å². The lowest BCUT2D eigenvalue weighted by Crippen LogP contribution is -2.68. The molecule has 1 aliphatic carbocycles. The first-order valence-electron chi connectivity index (χ1n) is 17.5. The number of ether oxygens (including phenoxy) is 1. The average Bonchev–Trinajstić information content (AvgIpc) is 3.38. The molecule has 1 aliphatic heterocycles. The van der Waals surface area contributed by atoms with Gasteiger partial charge in [-0.05, 0) is 76.3 Å². The van der Waals surface area contributed by atoms with Crippen LogP contribution in [-0.2, 0) is 22.2 Å². The fourth-order valence-corrected chi connectivity index (χ4v) is 12.4. The highest BCUT2D eigenvalue weighted by molar-refractivity contribution is 6.99. The van der Waals surface area contributed by atoms with Crippen LogP contribution in [0.2, 0.25) is 5.04 Å². The molecule has 4 nitrogen and oxygen atoms in total. The van der Waals surface area contributed by atoms with E-state index >= 15 is 4.39 Å². The fraction of sp³-hybridized carbons (Fsp3) is 0.357. The molecule has 1 aromatic heterocycles. The summed E-state index contributed by atoms with van der Waals surface area (Å²) in [4.78, 5) is 7.29. The number of halogens is 1. The number of aryl methyl sites for hydroxylation is 1. The number of alkyl halides is 1. The van der Waals surface area contributed by atoms with Gasteiger partial charge in [0.1, 0.15) is 18.1 Å². The highest BCUT2D eigenvalue weighted by atomic mass is 28.4. The van der Waals surface area contributed by atoms with Gasteiger partial charge in [0, 0.05) is 18.5 Å². The van der Waals surface area contributed by atoms with Crippen LogP contribution in [0, 0.1) is 5.92 Å². The third kappa shape index (κ3) is 6.58. The number of hydrogen-bond donors (Lipinski definition) is 0. The predicted molar refractivity (Wildman–Crippen MR) is 197 cm³/mol. The van der Waals surface area contributed by atoms with Crippen molar-refractivity contribution in [2.75, 3.05) is 18.0 Å². The predicted octanol–water partition coefficient (Wildman–Crippen LogP) is 8.27. The van der Waals surface area contributed by atoms with Crippen molar-refractivity contribution in [1.29, 1.82) is 0 Å². The largest absolute Gasteiger partial charge is 0.399 e. The van der Waals surface area contributed by atoms with Gasteiger partial charge in [-0.1, -0.05) is 124 Å². The van der Waals surface area contributed by atoms with Crippen LogP contribution in [-0.4, -0.2) is 44.8 Å². The Morgan fingerprint density at radius 3 is 2.02 bits per heavy atom. The molecule has 48 heavy (non-hydrogen) atoms. The van der Waals surface area contributed by atoms with Crippen molar-refractivity contribution in [2.24, 2.45) is 5.92 Å². The van der Waals surface area contributed by atoms with Crippen LogP contribution in [0.4, 0.5) is 10.2 Å². The summed E-state index contributed by atoms with van der Waals surface area (Å²) in [5.41, 5.74) is 3.29. The Hall–Kier alpha value is -3.84. The van der Waals surface area contributed by atoms with E-state index in [9.17, 15) is 0 Å². The van der Waals surface area contributed by atoms with Crippen LogP contribution in [0.15, 0.2) is 121 Å². The van der Waals surface area contributed by atoms with E-state index in [1.807, 2.05) is 30.3 Å². The number of aromatic nitrogens is 1. The number of pyridine rings is 1. The first kappa shape index (κ1) is 32.7. The highest BCUT2D eigenvalue weighted by Crippen LogP contribution is 2.43. The summed E-state index contributed by atoms with van der Waals surface area (Å²) in [5, 5.41) is 3.19. The minimum absolute atomic E-state index is 0.176. The molecule has 0 amide bonds. The molecule has 4 atom stereocenters. The van der Waals surface area contributed by atoms with Crippen LogP contribution < -0.4 is 15.3 Å². The highest BCUT2D eigenvalue weighted by Gasteiger charge is 2.56. The topological polar surface area (TPSA) is 34.6 Å². The SMILES string of the molecule is CC(C)(C)[Si](O[C@@H]1[C@@H](F)[C@@H](CCc2ccc3ccc(N4CCC4)nc3c2)C[C@@H]1OCc1ccccc1)(c1ccccc1)c1ccccc1. The van der Waals surface area contributed by atoms with E-state index in [-0.39, 0.29) is 17.1 Å². The number of fused-ring (bicyclic) bond motifs is 1. The van der Waals surface area contributed by atoms with Gasteiger partial charge in [0.05, 0.1) is 18.2 Å². The van der Waals surface area contributed by atoms with Crippen molar-refractivity contribution in [3.05, 3.63) is 132 Å². The number of hydrogen-bond acceptors (Lipinski definition) is 4. The number of anilines is 1. The van der Waals surface area contributed by atoms with E-state index in [4.69, 9.17) is 14.1 Å². The van der Waals surface area contributed by atoms with Gasteiger partial charge in [0.15, 0.2) is 0 Å². The Morgan fingerprint density at radius 2 is 1.42 bits per heavy atom. The summed E-state index contributed by atoms with van der Waals surface area (Å²) in [6.07, 6.45) is 1.18. The second-order valence-electron chi connectivity index (χ2n) is 14.6. The van der Waals surface area contributed by atoms with Crippen molar-refractivity contribution in [1.82, 2.24) is 4.98 Å². The molecule has 1 saturated heterocycles. The van der Waals surface area contributed by atoms with E-state index in [1.165, 1.54) is 12.0 Å². The molecule has 2 aliphatic rings. The molecule has 0 spiro atoms. The molecule has 0 radical (unpaired) electrons. The standard InChI is InChI=1S/C42H47FN2O2Si/c1-42(2,3)48(35-16-9-5-10-17-35,36-18-11-6-12-19-36)47-41-38(46-30-32-14-7-4-8-15-32)29-34(40(41)43)23-21-31-20-22-33-24-25-39(44-37(33)28-31)45-26-13-27-45/h4-12,14-20,22,24-25,28,34,38,40-41H,13,21,23,26-27,29-30H2,1-3H3/t34-,38-,40-,41-/m0/s1. The van der Waals surface area contributed by atoms with Gasteiger partial charge in [-0.2, -0.15) is 0 Å². The summed E-state index contributed by atoms with van der Waals surface area (Å²) in [7, 11) is -3.00. The summed E-state index contributed by atoms with van der Waals surface area (Å²) >= 11 is 0. The minimum Gasteiger partial charge on any atom is -0.399 e. The molecule has 2 fully saturated rings. The summed E-state index contributed by atoms with van der Waals surface area (Å²) in [5.74, 6) is 0.873. The zero-order chi connectivity index (χ0) is 33.1. The molecule has 0 N–H and O–H groups in total. The van der Waals surface area contributed by atoms with Crippen molar-refractivity contribution in [2.45, 2.75) is 76.5 Å². The van der Waals surface area contributed by atoms with Crippen LogP contribution >= 0.6 is 0 Å². The van der Waals surface area contributed by atoms with E-state index in [1.54, 1.807) is 0 Å². The quantitative estimate of drug-likeness (QED) is 0.134. The second kappa shape index (κ2) is 13.9. The molecular formula is C42H47FN2O2Si. The Kier molecular flexibility index (Phi) is 9.50. The first-order valence-corrected chi connectivity index (χ1v) is 19.5. The molecule has 0 unspecified atom stereocenters. The van der Waals surface area contributed by atoms with Crippen molar-refractivity contribution in [3.8, 4) is 0 Å². The summed E-state index contributed by atoms with van der Waals surface area (Å²) < 4.78 is 31.2. The van der Waals surface area contributed by atoms with Gasteiger partial charge < -0.3 is 14.1 Å². The Labute approximate surface area is 286 Å². The van der Waals surface area contributed by atoms with Crippen LogP contribution in [0.3, 0.4) is 0 Å². The Balaban J connectivity index is 1.18. The minimum atomic E-state index is -3.00. The smallest absolute Gasteiger partial charge is 0.261 e. The van der Waals surface area contributed by atoms with Gasteiger partial charge >= 0.3 is 0 Å². The van der Waals surface area contributed by atoms with Crippen molar-refractivity contribution in [3.63, 3.8) is 0 Å². The second-order valence-corrected chi connectivity index (χ2v) is 18.8. The Morgan fingerprint density at radius 1 is 0.792 bits per heavy atom. The molecule has 6 heteroatoms. The number of rotatable bonds is 11. The lowest BCUT2D eigenvalue weighted by atomic mass is 9.96. The van der Waals surface area contributed by atoms with Gasteiger partial charge in [0.25, 0.3) is 8.32 Å². The third-order valence-corrected chi connectivity index (χ3v) is 15.5. The monoisotopic (exact) mass is 658 g/mol. The van der Waals surface area contributed by atoms with E-state index in [0.29, 0.717) is 13.0 Å². The molecule has 7 rings (SSSR count). The summed E-state index contributed by atoms with van der Waals surface area (Å²) in [6.45, 7) is 9.33. The van der Waals surface area contributed by atoms with E-state index < -0.39 is 20.6 Å². The lowest BCUT2D eigenvalue weighted by molar-refractivity contribution is -0.0375. The zero-order valence-electron chi connectivity index (χ0n) is 28.4. The third-order valence-electron chi connectivity index (χ3n) is 10.4. The van der Waals surface area contributed by atoms with Gasteiger partial charge in [-0.25, -0.2) is 9.37 Å². The molecule has 0 bridgehead atoms. The van der Waals surface area contributed by atoms with Crippen molar-refractivity contribution < 1.29 is 13.6 Å². The van der Waals surface area contributed by atoms with Crippen LogP contribution in [0.5, 0.6) is 0 Å². The molecule has 4 aromatic carbocycles. The number of nitrogens with zero attached hydrogens (tertiary/aromatic N) is 2. The van der Waals surface area contributed by atoms with Crippen LogP contribution in [0.1, 0.15) is 51.2 Å². The molecule has 5 aromatic rings. The fourth-order valence-electron chi connectivity index (χ4n) is 7.67. The maximum absolute atomic E-state index is 17.1. The molecule has 1 saturated carbocycles. The average molecular weight is 659 g/mol. The van der Waals surface area contributed by atoms with Gasteiger partial charge in [-0.3, -0.25) is 0 Å². The molecular weight excluding hydrogens is 612 g/mol. The zero-order valence-corrected chi connectivity index (χ0v) is 29.4. The maximum atomic E-state index is 17.1. The number of benzene rings is 4. The molecule has 2 heterocycles. The lowest BCUT2D eigenvalue weighted by Gasteiger charge is -2.45. The van der Waals surface area contributed by atoms with Gasteiger partial charge in [-0.15, -0.1) is 0 Å². The Bertz CT molecular complexity index is 1750. The first-order chi connectivity index (χ1) is 23.3. The maximum Gasteiger partial charge on any atom is 0.261 e. The van der Waals surface area contributed by atoms with E-state index in [2.05, 4.69) is 117 Å².